The molecule has 2 aromatic carbocycles. The van der Waals surface area contributed by atoms with Crippen molar-refractivity contribution in [1.29, 1.82) is 0 Å². The van der Waals surface area contributed by atoms with Crippen LogP contribution in [-0.4, -0.2) is 22.9 Å². The quantitative estimate of drug-likeness (QED) is 0.776. The van der Waals surface area contributed by atoms with Crippen LogP contribution in [0.1, 0.15) is 38.5 Å². The zero-order chi connectivity index (χ0) is 19.8. The first-order valence-corrected chi connectivity index (χ1v) is 10.9. The Kier molecular flexibility index (Phi) is 4.62. The van der Waals surface area contributed by atoms with E-state index in [9.17, 15) is 9.59 Å². The molecule has 1 unspecified atom stereocenters. The number of amides is 2. The highest BCUT2D eigenvalue weighted by atomic mass is 32.2. The van der Waals surface area contributed by atoms with Crippen LogP contribution in [0.3, 0.4) is 0 Å². The lowest BCUT2D eigenvalue weighted by Gasteiger charge is -2.31. The lowest BCUT2D eigenvalue weighted by Crippen LogP contribution is -2.40. The summed E-state index contributed by atoms with van der Waals surface area (Å²) in [5, 5.41) is 5.30. The summed E-state index contributed by atoms with van der Waals surface area (Å²) >= 11 is 1.42. The fraction of sp³-hybridized carbons (Fsp3) is 0.364. The van der Waals surface area contributed by atoms with Gasteiger partial charge in [-0.2, -0.15) is 0 Å². The molecule has 3 aliphatic rings. The SMILES string of the molecule is O=C(CC1Sc2ccccc2NC1=O)Nc1ccc2c(c1)OC1(CCCCC1)O2. The average molecular weight is 410 g/mol. The standard InChI is InChI=1S/C22H22N2O4S/c25-20(13-19-21(26)24-15-6-2-3-7-18(15)29-19)23-14-8-9-16-17(12-14)28-22(27-16)10-4-1-5-11-22/h2-3,6-9,12,19H,1,4-5,10-11,13H2,(H,23,25)(H,24,26). The Balaban J connectivity index is 1.23. The predicted molar refractivity (Wildman–Crippen MR) is 111 cm³/mol. The van der Waals surface area contributed by atoms with Gasteiger partial charge in [0.1, 0.15) is 0 Å². The topological polar surface area (TPSA) is 76.7 Å². The molecule has 2 aromatic rings. The first-order chi connectivity index (χ1) is 14.1. The Morgan fingerprint density at radius 2 is 1.90 bits per heavy atom. The first-order valence-electron chi connectivity index (χ1n) is 9.99. The number of hydrogen-bond donors (Lipinski definition) is 2. The zero-order valence-corrected chi connectivity index (χ0v) is 16.7. The molecule has 2 amide bonds. The highest BCUT2D eigenvalue weighted by molar-refractivity contribution is 8.01. The van der Waals surface area contributed by atoms with Gasteiger partial charge in [0, 0.05) is 35.9 Å². The minimum atomic E-state index is -0.534. The van der Waals surface area contributed by atoms with Crippen molar-refractivity contribution in [2.75, 3.05) is 10.6 Å². The fourth-order valence-corrected chi connectivity index (χ4v) is 5.18. The van der Waals surface area contributed by atoms with Gasteiger partial charge in [0.05, 0.1) is 10.9 Å². The molecule has 29 heavy (non-hydrogen) atoms. The second kappa shape index (κ2) is 7.30. The van der Waals surface area contributed by atoms with Crippen molar-refractivity contribution in [3.63, 3.8) is 0 Å². The minimum absolute atomic E-state index is 0.100. The van der Waals surface area contributed by atoms with Gasteiger partial charge in [0.25, 0.3) is 5.79 Å². The third kappa shape index (κ3) is 3.67. The molecule has 1 spiro atoms. The number of carbonyl (C=O) groups excluding carboxylic acids is 2. The van der Waals surface area contributed by atoms with Gasteiger partial charge in [0.2, 0.25) is 11.8 Å². The van der Waals surface area contributed by atoms with Gasteiger partial charge in [0.15, 0.2) is 11.5 Å². The summed E-state index contributed by atoms with van der Waals surface area (Å²) in [4.78, 5) is 25.9. The van der Waals surface area contributed by atoms with Crippen LogP contribution in [0, 0.1) is 0 Å². The van der Waals surface area contributed by atoms with Gasteiger partial charge in [-0.3, -0.25) is 9.59 Å². The number of fused-ring (bicyclic) bond motifs is 2. The molecule has 2 heterocycles. The van der Waals surface area contributed by atoms with E-state index in [1.807, 2.05) is 36.4 Å². The summed E-state index contributed by atoms with van der Waals surface area (Å²) in [6.07, 6.45) is 5.29. The van der Waals surface area contributed by atoms with Crippen LogP contribution < -0.4 is 20.1 Å². The average Bonchev–Trinajstić information content (AvgIpc) is 3.05. The van der Waals surface area contributed by atoms with E-state index in [4.69, 9.17) is 9.47 Å². The maximum Gasteiger partial charge on any atom is 0.251 e. The van der Waals surface area contributed by atoms with E-state index in [0.29, 0.717) is 11.4 Å². The van der Waals surface area contributed by atoms with Crippen molar-refractivity contribution in [3.8, 4) is 11.5 Å². The number of rotatable bonds is 3. The van der Waals surface area contributed by atoms with E-state index >= 15 is 0 Å². The largest absolute Gasteiger partial charge is 0.448 e. The Morgan fingerprint density at radius 3 is 2.76 bits per heavy atom. The summed E-state index contributed by atoms with van der Waals surface area (Å²) < 4.78 is 12.2. The Morgan fingerprint density at radius 1 is 1.10 bits per heavy atom. The molecule has 0 saturated heterocycles. The van der Waals surface area contributed by atoms with Crippen LogP contribution in [0.4, 0.5) is 11.4 Å². The molecule has 0 aromatic heterocycles. The van der Waals surface area contributed by atoms with Crippen LogP contribution >= 0.6 is 11.8 Å². The first kappa shape index (κ1) is 18.4. The monoisotopic (exact) mass is 410 g/mol. The summed E-state index contributed by atoms with van der Waals surface area (Å²) in [6, 6.07) is 13.1. The maximum absolute atomic E-state index is 12.6. The van der Waals surface area contributed by atoms with Crippen molar-refractivity contribution >= 4 is 35.0 Å². The van der Waals surface area contributed by atoms with Crippen molar-refractivity contribution in [2.24, 2.45) is 0 Å². The van der Waals surface area contributed by atoms with Crippen LogP contribution in [0.5, 0.6) is 11.5 Å². The number of anilines is 2. The van der Waals surface area contributed by atoms with E-state index in [-0.39, 0.29) is 18.2 Å². The molecular formula is C22H22N2O4S. The van der Waals surface area contributed by atoms with Crippen molar-refractivity contribution in [1.82, 2.24) is 0 Å². The van der Waals surface area contributed by atoms with E-state index < -0.39 is 11.0 Å². The van der Waals surface area contributed by atoms with Gasteiger partial charge in [-0.25, -0.2) is 0 Å². The number of thioether (sulfide) groups is 1. The number of benzene rings is 2. The molecule has 6 nitrogen and oxygen atoms in total. The smallest absolute Gasteiger partial charge is 0.251 e. The zero-order valence-electron chi connectivity index (χ0n) is 15.9. The number of nitrogens with one attached hydrogen (secondary N) is 2. The molecular weight excluding hydrogens is 388 g/mol. The lowest BCUT2D eigenvalue weighted by atomic mass is 9.94. The summed E-state index contributed by atoms with van der Waals surface area (Å²) in [7, 11) is 0. The highest BCUT2D eigenvalue weighted by Gasteiger charge is 2.42. The Hall–Kier alpha value is -2.67. The van der Waals surface area contributed by atoms with Gasteiger partial charge >= 0.3 is 0 Å². The second-order valence-corrected chi connectivity index (χ2v) is 8.93. The molecule has 150 valence electrons. The predicted octanol–water partition coefficient (Wildman–Crippen LogP) is 4.56. The molecule has 2 N–H and O–H groups in total. The second-order valence-electron chi connectivity index (χ2n) is 7.68. The Bertz CT molecular complexity index is 971. The van der Waals surface area contributed by atoms with E-state index in [2.05, 4.69) is 10.6 Å². The number of para-hydroxylation sites is 1. The van der Waals surface area contributed by atoms with Gasteiger partial charge in [-0.15, -0.1) is 11.8 Å². The van der Waals surface area contributed by atoms with E-state index in [1.165, 1.54) is 18.2 Å². The third-order valence-corrected chi connectivity index (χ3v) is 6.79. The summed E-state index contributed by atoms with van der Waals surface area (Å²) in [5.74, 6) is 0.511. The van der Waals surface area contributed by atoms with Crippen LogP contribution in [-0.2, 0) is 9.59 Å². The van der Waals surface area contributed by atoms with Crippen molar-refractivity contribution < 1.29 is 19.1 Å². The number of carbonyl (C=O) groups is 2. The van der Waals surface area contributed by atoms with E-state index in [0.717, 1.165) is 42.0 Å². The molecule has 2 aliphatic heterocycles. The van der Waals surface area contributed by atoms with Gasteiger partial charge < -0.3 is 20.1 Å². The molecule has 0 radical (unpaired) electrons. The van der Waals surface area contributed by atoms with E-state index in [1.54, 1.807) is 6.07 Å². The number of hydrogen-bond acceptors (Lipinski definition) is 5. The highest BCUT2D eigenvalue weighted by Crippen LogP contribution is 2.46. The molecule has 1 atom stereocenters. The molecule has 1 fully saturated rings. The molecule has 1 aliphatic carbocycles. The lowest BCUT2D eigenvalue weighted by molar-refractivity contribution is -0.120. The molecule has 1 saturated carbocycles. The summed E-state index contributed by atoms with van der Waals surface area (Å²) in [6.45, 7) is 0. The van der Waals surface area contributed by atoms with Crippen molar-refractivity contribution in [2.45, 2.75) is 54.5 Å². The van der Waals surface area contributed by atoms with Crippen LogP contribution in [0.15, 0.2) is 47.4 Å². The molecule has 0 bridgehead atoms. The van der Waals surface area contributed by atoms with Gasteiger partial charge in [-0.1, -0.05) is 18.6 Å². The normalized spacial score (nSPS) is 21.4. The van der Waals surface area contributed by atoms with Crippen LogP contribution in [0.25, 0.3) is 0 Å². The fourth-order valence-electron chi connectivity index (χ4n) is 4.07. The molecule has 7 heteroatoms. The van der Waals surface area contributed by atoms with Gasteiger partial charge in [-0.05, 0) is 37.1 Å². The minimum Gasteiger partial charge on any atom is -0.448 e. The number of ether oxygens (including phenoxy) is 2. The Labute approximate surface area is 173 Å². The molecule has 5 rings (SSSR count). The third-order valence-electron chi connectivity index (χ3n) is 5.51. The maximum atomic E-state index is 12.6. The summed E-state index contributed by atoms with van der Waals surface area (Å²) in [5.41, 5.74) is 1.44. The van der Waals surface area contributed by atoms with Crippen LogP contribution in [0.2, 0.25) is 0 Å². The van der Waals surface area contributed by atoms with Crippen molar-refractivity contribution in [3.05, 3.63) is 42.5 Å².